The van der Waals surface area contributed by atoms with Gasteiger partial charge >= 0.3 is 41.9 Å². The quantitative estimate of drug-likeness (QED) is 0.00813. The van der Waals surface area contributed by atoms with Crippen molar-refractivity contribution in [2.24, 2.45) is 0 Å². The second kappa shape index (κ2) is 56.5. The number of benzene rings is 2. The molecule has 462 valence electrons. The van der Waals surface area contributed by atoms with Crippen LogP contribution in [-0.2, 0) is 60.9 Å². The zero-order valence-corrected chi connectivity index (χ0v) is 57.4. The number of ether oxygens (including phenoxy) is 4. The number of carbonyl (C=O) groups is 4. The number of aliphatic hydroxyl groups excluding tert-OH is 1. The molecule has 0 unspecified atom stereocenters. The average molecular weight is 1290 g/mol. The van der Waals surface area contributed by atoms with Crippen molar-refractivity contribution in [1.82, 2.24) is 0 Å². The largest absolute Gasteiger partial charge is 1.00 e. The molecule has 0 aliphatic heterocycles. The third-order valence-corrected chi connectivity index (χ3v) is 13.6. The Labute approximate surface area is 529 Å². The number of likely N-dealkylation sites (N-methyl/N-ethyl adjacent to an activating group) is 2. The predicted octanol–water partition coefficient (Wildman–Crippen LogP) is 5.75. The molecule has 2 aromatic carbocycles. The zero-order chi connectivity index (χ0) is 59.7. The number of unbranched alkanes of at least 4 members (excludes halogenated alkanes) is 12. The molecule has 0 radical (unpaired) electrons. The normalized spacial score (nSPS) is 10.8. The van der Waals surface area contributed by atoms with Crippen LogP contribution in [0.2, 0.25) is 0 Å². The number of alkyl halides is 2. The molecule has 1 N–H and O–H groups in total. The van der Waals surface area contributed by atoms with Gasteiger partial charge < -0.3 is 59.8 Å². The van der Waals surface area contributed by atoms with E-state index in [0.29, 0.717) is 79.5 Å². The Kier molecular flexibility index (Phi) is 61.6. The number of ketones is 2. The molecule has 0 bridgehead atoms. The molecule has 0 saturated carbocycles. The fraction of sp³-hybridized carbons (Fsp3) is 0.719. The predicted molar refractivity (Wildman–Crippen MR) is 311 cm³/mol. The molecular weight excluding hydrogens is 1190 g/mol. The number of rotatable bonds is 37. The second-order valence-electron chi connectivity index (χ2n) is 19.2. The van der Waals surface area contributed by atoms with Crippen molar-refractivity contribution in [1.29, 1.82) is 0 Å². The van der Waals surface area contributed by atoms with Crippen molar-refractivity contribution in [3.63, 3.8) is 0 Å². The van der Waals surface area contributed by atoms with Gasteiger partial charge in [-0.3, -0.25) is 14.6 Å². The number of halogens is 3. The molecule has 17 nitrogen and oxygen atoms in total. The fourth-order valence-electron chi connectivity index (χ4n) is 8.39. The monoisotopic (exact) mass is 1290 g/mol. The van der Waals surface area contributed by atoms with Gasteiger partial charge in [0.25, 0.3) is 0 Å². The molecule has 0 saturated heterocycles. The summed E-state index contributed by atoms with van der Waals surface area (Å²) in [6.07, 6.45) is 16.9. The zero-order valence-electron chi connectivity index (χ0n) is 50.7. The van der Waals surface area contributed by atoms with Crippen LogP contribution >= 0.6 is 35.2 Å². The molecule has 0 aliphatic carbocycles. The molecule has 2 aromatic rings. The van der Waals surface area contributed by atoms with Crippen LogP contribution in [0.1, 0.15) is 165 Å². The first-order chi connectivity index (χ1) is 37.1. The molecule has 0 fully saturated rings. The number of hydrogen-bond donors (Lipinski definition) is 1. The van der Waals surface area contributed by atoms with Crippen molar-refractivity contribution in [2.75, 3.05) is 96.3 Å². The standard InChI is InChI=1S/2C27H46NO4.CH2Cl2.CH4O4S.CH4O3S.BrH.Na/c2*1-6-9-10-11-12-13-14-19-31-27(30)32-20-18-28(7-2,8-3)22-25(29)21-26-23(4)16-15-17-24(26)5;2-1-3;2-1-6-5-4-3;1-5(2,3)4;;/h2*15-17H,6-14,18-22H2,1-5H3;1H2;2-3H,1H2;1H3,(H,2,3,4);1H;/q2*+1;;;;;+1/p-3. The summed E-state index contributed by atoms with van der Waals surface area (Å²) in [6, 6.07) is 12.3. The van der Waals surface area contributed by atoms with Crippen LogP contribution in [0, 0.1) is 27.7 Å². The van der Waals surface area contributed by atoms with Gasteiger partial charge in [-0.2, -0.15) is 4.33 Å². The molecule has 0 aromatic heterocycles. The van der Waals surface area contributed by atoms with E-state index in [-0.39, 0.29) is 82.6 Å². The van der Waals surface area contributed by atoms with E-state index in [0.717, 1.165) is 85.2 Å². The first-order valence-corrected chi connectivity index (χ1v) is 31.5. The number of quaternary nitrogens is 2. The van der Waals surface area contributed by atoms with Crippen LogP contribution in [0.3, 0.4) is 0 Å². The Bertz CT molecular complexity index is 1800. The third kappa shape index (κ3) is 49.8. The van der Waals surface area contributed by atoms with E-state index in [1.54, 1.807) is 0 Å². The number of hydrogen-bond acceptors (Lipinski definition) is 16. The number of Topliss-reactive ketones (excluding diaryl/α,β-unsaturated/α-hetero) is 2. The number of carbonyl (C=O) groups excluding carboxylic acids is 4. The van der Waals surface area contributed by atoms with Crippen LogP contribution < -0.4 is 51.8 Å². The van der Waals surface area contributed by atoms with Gasteiger partial charge in [-0.25, -0.2) is 18.0 Å². The Morgan fingerprint density at radius 1 is 0.562 bits per heavy atom. The summed E-state index contributed by atoms with van der Waals surface area (Å²) >= 11 is 10.1. The Morgan fingerprint density at radius 3 is 1.09 bits per heavy atom. The molecular formula is C57H100BrCl2N2NaO15S2. The van der Waals surface area contributed by atoms with Gasteiger partial charge in [0, 0.05) is 19.1 Å². The van der Waals surface area contributed by atoms with Gasteiger partial charge in [-0.05, 0) is 102 Å². The van der Waals surface area contributed by atoms with Crippen LogP contribution in [-0.4, -0.2) is 147 Å². The Morgan fingerprint density at radius 2 is 0.838 bits per heavy atom. The fourth-order valence-corrected chi connectivity index (χ4v) is 8.48. The SMILES string of the molecule is CCCCCCCCCOC(=O)OCC[N+](CC)(CC)CC(=O)Cc1c(C)cccc1C.CCCCCCCCCOC(=O)OCC[N+](CC)(CC)CC(=O)Cc1c(C)cccc1C.CS(=O)(=O)[O-].ClCCl.[Br-].[Na+].[O-]OOSCO. The minimum atomic E-state index is -3.92. The number of nitrogens with zero attached hydrogens (tertiary/aromatic N) is 2. The minimum Gasteiger partial charge on any atom is -1.00 e. The average Bonchev–Trinajstić information content (AvgIpc) is 3.39. The molecule has 23 heteroatoms. The maximum Gasteiger partial charge on any atom is 1.00 e. The molecule has 0 amide bonds. The van der Waals surface area contributed by atoms with Crippen molar-refractivity contribution in [2.45, 2.75) is 172 Å². The summed E-state index contributed by atoms with van der Waals surface area (Å²) < 4.78 is 53.1. The molecule has 2 rings (SSSR count). The van der Waals surface area contributed by atoms with E-state index >= 15 is 0 Å². The van der Waals surface area contributed by atoms with E-state index in [9.17, 15) is 19.2 Å². The summed E-state index contributed by atoms with van der Waals surface area (Å²) in [4.78, 5) is 49.6. The summed E-state index contributed by atoms with van der Waals surface area (Å²) in [5, 5.41) is 19.7. The maximum atomic E-state index is 12.9. The summed E-state index contributed by atoms with van der Waals surface area (Å²) in [5.41, 5.74) is 6.92. The molecule has 80 heavy (non-hydrogen) atoms. The summed E-state index contributed by atoms with van der Waals surface area (Å²) in [6.45, 7) is 27.9. The van der Waals surface area contributed by atoms with E-state index < -0.39 is 22.4 Å². The van der Waals surface area contributed by atoms with Gasteiger partial charge in [-0.1, -0.05) is 127 Å². The Balaban J connectivity index is -0.000000370. The second-order valence-corrected chi connectivity index (χ2v) is 22.1. The molecule has 0 atom stereocenters. The summed E-state index contributed by atoms with van der Waals surface area (Å²) in [7, 11) is -3.92. The molecule has 0 spiro atoms. The van der Waals surface area contributed by atoms with E-state index in [1.165, 1.54) is 64.2 Å². The van der Waals surface area contributed by atoms with Gasteiger partial charge in [0.15, 0.2) is 11.6 Å². The first kappa shape index (κ1) is 87.2. The number of aliphatic hydroxyl groups is 1. The molecule has 0 heterocycles. The van der Waals surface area contributed by atoms with Crippen LogP contribution in [0.5, 0.6) is 0 Å². The first-order valence-electron chi connectivity index (χ1n) is 27.7. The van der Waals surface area contributed by atoms with Crippen molar-refractivity contribution < 1.29 is 126 Å². The minimum absolute atomic E-state index is 0. The molecule has 0 aliphatic rings. The van der Waals surface area contributed by atoms with Crippen molar-refractivity contribution >= 4 is 69.2 Å². The van der Waals surface area contributed by atoms with Crippen LogP contribution in [0.25, 0.3) is 0 Å². The van der Waals surface area contributed by atoms with Gasteiger partial charge in [0.2, 0.25) is 0 Å². The van der Waals surface area contributed by atoms with Gasteiger partial charge in [0.05, 0.1) is 66.9 Å². The van der Waals surface area contributed by atoms with E-state index in [1.807, 2.05) is 12.1 Å². The third-order valence-electron chi connectivity index (χ3n) is 13.4. The summed E-state index contributed by atoms with van der Waals surface area (Å²) in [5.74, 6) is 0.183. The van der Waals surface area contributed by atoms with Crippen LogP contribution in [0.4, 0.5) is 9.59 Å². The Hall–Kier alpha value is -1.60. The van der Waals surface area contributed by atoms with E-state index in [2.05, 4.69) is 103 Å². The maximum absolute atomic E-state index is 12.9. The van der Waals surface area contributed by atoms with Crippen molar-refractivity contribution in [3.8, 4) is 0 Å². The van der Waals surface area contributed by atoms with Crippen LogP contribution in [0.15, 0.2) is 36.4 Å². The smallest absolute Gasteiger partial charge is 1.00 e. The van der Waals surface area contributed by atoms with Gasteiger partial charge in [0.1, 0.15) is 45.3 Å². The van der Waals surface area contributed by atoms with E-state index in [4.69, 9.17) is 65.5 Å². The van der Waals surface area contributed by atoms with Gasteiger partial charge in [-0.15, -0.1) is 23.2 Å². The topological polar surface area (TPSA) is 224 Å². The number of aryl methyl sites for hydroxylation is 4. The van der Waals surface area contributed by atoms with Crippen molar-refractivity contribution in [3.05, 3.63) is 69.8 Å².